The van der Waals surface area contributed by atoms with Gasteiger partial charge in [-0.1, -0.05) is 29.3 Å². The van der Waals surface area contributed by atoms with Crippen molar-refractivity contribution in [1.82, 2.24) is 25.1 Å². The largest absolute Gasteiger partial charge is 0.444 e. The molecule has 0 spiro atoms. The molecule has 256 valence electrons. The van der Waals surface area contributed by atoms with Crippen LogP contribution in [-0.2, 0) is 19.9 Å². The van der Waals surface area contributed by atoms with Gasteiger partial charge in [-0.25, -0.2) is 9.18 Å². The second-order valence-electron chi connectivity index (χ2n) is 13.7. The van der Waals surface area contributed by atoms with Crippen LogP contribution in [0.1, 0.15) is 57.8 Å². The zero-order valence-corrected chi connectivity index (χ0v) is 29.8. The molecule has 2 saturated heterocycles. The maximum absolute atomic E-state index is 15.7. The lowest BCUT2D eigenvalue weighted by Gasteiger charge is -2.52. The summed E-state index contributed by atoms with van der Waals surface area (Å²) in [5.74, 6) is -2.02. The topological polar surface area (TPSA) is 129 Å². The zero-order chi connectivity index (χ0) is 35.3. The number of nitrogens with zero attached hydrogens (tertiary/aromatic N) is 5. The molecule has 1 saturated carbocycles. The minimum atomic E-state index is -1.89. The minimum absolute atomic E-state index is 0.0232. The predicted molar refractivity (Wildman–Crippen MR) is 183 cm³/mol. The van der Waals surface area contributed by atoms with Crippen molar-refractivity contribution in [3.05, 3.63) is 76.0 Å². The summed E-state index contributed by atoms with van der Waals surface area (Å²) in [6.07, 6.45) is 3.42. The third-order valence-corrected chi connectivity index (χ3v) is 10.8. The number of aromatic nitrogens is 2. The van der Waals surface area contributed by atoms with Crippen LogP contribution in [0.2, 0.25) is 10.0 Å². The number of benzene rings is 1. The number of hydrogen-bond acceptors (Lipinski definition) is 8. The van der Waals surface area contributed by atoms with Gasteiger partial charge >= 0.3 is 6.09 Å². The summed E-state index contributed by atoms with van der Waals surface area (Å²) in [5.41, 5.74) is -1.29. The van der Waals surface area contributed by atoms with Gasteiger partial charge in [-0.2, -0.15) is 5.26 Å². The van der Waals surface area contributed by atoms with Gasteiger partial charge < -0.3 is 15.0 Å². The summed E-state index contributed by atoms with van der Waals surface area (Å²) in [4.78, 5) is 54.0. The molecule has 3 amide bonds. The predicted octanol–water partition coefficient (Wildman–Crippen LogP) is 6.67. The van der Waals surface area contributed by atoms with E-state index in [1.165, 1.54) is 27.8 Å². The van der Waals surface area contributed by atoms with Crippen LogP contribution in [0.15, 0.2) is 53.7 Å². The Morgan fingerprint density at radius 1 is 1.10 bits per heavy atom. The van der Waals surface area contributed by atoms with Crippen molar-refractivity contribution in [3.63, 3.8) is 0 Å². The lowest BCUT2D eigenvalue weighted by molar-refractivity contribution is -0.158. The van der Waals surface area contributed by atoms with E-state index < -0.39 is 46.4 Å². The summed E-state index contributed by atoms with van der Waals surface area (Å²) in [6.45, 7) is 7.17. The van der Waals surface area contributed by atoms with Gasteiger partial charge in [-0.05, 0) is 88.4 Å². The molecule has 2 aromatic heterocycles. The van der Waals surface area contributed by atoms with Crippen molar-refractivity contribution in [2.45, 2.75) is 86.2 Å². The number of rotatable bonds is 7. The summed E-state index contributed by atoms with van der Waals surface area (Å²) in [5, 5.41) is 12.8. The molecule has 1 aliphatic carbocycles. The summed E-state index contributed by atoms with van der Waals surface area (Å²) < 4.78 is 21.3. The number of carbonyl (C=O) groups is 3. The van der Waals surface area contributed by atoms with Crippen molar-refractivity contribution in [2.75, 3.05) is 13.1 Å². The third kappa shape index (κ3) is 6.94. The molecule has 3 fully saturated rings. The highest BCUT2D eigenvalue weighted by Gasteiger charge is 2.62. The number of pyridine rings is 2. The number of likely N-dealkylation sites (tertiary alicyclic amines) is 2. The number of hydrogen-bond donors (Lipinski definition) is 1. The minimum Gasteiger partial charge on any atom is -0.444 e. The van der Waals surface area contributed by atoms with E-state index in [2.05, 4.69) is 21.4 Å². The normalized spacial score (nSPS) is 22.6. The van der Waals surface area contributed by atoms with E-state index in [0.29, 0.717) is 17.9 Å². The van der Waals surface area contributed by atoms with E-state index in [-0.39, 0.29) is 41.9 Å². The SMILES string of the molecule is Cc1cc(-c2ccc(SC3C[C@@H](C(=O)NC4(C#N)CC4)N(C(=O)C4(c5ncc(Cl)cc5F)CCN4C(=O)OC(C)(C)C)C3)c(Cl)c2)ccn1. The Hall–Kier alpha value is -3.92. The Balaban J connectivity index is 1.34. The first-order valence-corrected chi connectivity index (χ1v) is 17.5. The third-order valence-electron chi connectivity index (χ3n) is 8.93. The first-order valence-electron chi connectivity index (χ1n) is 15.9. The fourth-order valence-electron chi connectivity index (χ4n) is 6.28. The molecular weight excluding hydrogens is 690 g/mol. The number of halogens is 3. The molecule has 14 heteroatoms. The lowest BCUT2D eigenvalue weighted by atomic mass is 9.79. The van der Waals surface area contributed by atoms with E-state index in [4.69, 9.17) is 27.9 Å². The second kappa shape index (κ2) is 13.1. The fourth-order valence-corrected chi connectivity index (χ4v) is 7.93. The first-order chi connectivity index (χ1) is 23.1. The molecule has 49 heavy (non-hydrogen) atoms. The van der Waals surface area contributed by atoms with Crippen LogP contribution in [0.3, 0.4) is 0 Å². The van der Waals surface area contributed by atoms with Crippen molar-refractivity contribution in [3.8, 4) is 17.2 Å². The van der Waals surface area contributed by atoms with Crippen LogP contribution in [0.5, 0.6) is 0 Å². The number of thioether (sulfide) groups is 1. The first kappa shape index (κ1) is 34.9. The second-order valence-corrected chi connectivity index (χ2v) is 15.9. The van der Waals surface area contributed by atoms with E-state index >= 15 is 4.39 Å². The molecule has 4 heterocycles. The molecule has 10 nitrogen and oxygen atoms in total. The van der Waals surface area contributed by atoms with Crippen LogP contribution >= 0.6 is 35.0 Å². The number of carbonyl (C=O) groups excluding carboxylic acids is 3. The van der Waals surface area contributed by atoms with Crippen LogP contribution in [0.25, 0.3) is 11.1 Å². The highest BCUT2D eigenvalue weighted by molar-refractivity contribution is 8.00. The Morgan fingerprint density at radius 2 is 1.84 bits per heavy atom. The van der Waals surface area contributed by atoms with E-state index in [1.807, 2.05) is 37.3 Å². The average molecular weight is 726 g/mol. The van der Waals surface area contributed by atoms with Crippen LogP contribution in [0, 0.1) is 24.1 Å². The van der Waals surface area contributed by atoms with Gasteiger partial charge in [0.15, 0.2) is 5.54 Å². The number of amides is 3. The molecule has 0 bridgehead atoms. The molecule has 2 unspecified atom stereocenters. The molecular formula is C35H35Cl2FN6O4S. The molecule has 6 rings (SSSR count). The van der Waals surface area contributed by atoms with Gasteiger partial charge in [0.1, 0.15) is 28.7 Å². The van der Waals surface area contributed by atoms with Crippen molar-refractivity contribution < 1.29 is 23.5 Å². The number of nitrogens with one attached hydrogen (secondary N) is 1. The monoisotopic (exact) mass is 724 g/mol. The summed E-state index contributed by atoms with van der Waals surface area (Å²) >= 11 is 14.2. The highest BCUT2D eigenvalue weighted by Crippen LogP contribution is 2.47. The molecule has 0 radical (unpaired) electrons. The lowest BCUT2D eigenvalue weighted by Crippen LogP contribution is -2.69. The van der Waals surface area contributed by atoms with Crippen molar-refractivity contribution in [2.24, 2.45) is 0 Å². The number of aryl methyl sites for hydroxylation is 1. The standard InChI is InChI=1S/C35H35Cl2FN6O4S/c1-20-13-22(7-11-40-20)21-5-6-28(25(37)14-21)49-24-16-27(30(45)42-34(19-39)8-9-34)43(18-24)31(46)35(29-26(38)15-23(36)17-41-29)10-12-44(35)32(47)48-33(2,3)4/h5-7,11,13-15,17,24,27H,8-10,12,16,18H2,1-4H3,(H,42,45)/t24?,27-,35?/m0/s1. The molecule has 2 aliphatic heterocycles. The van der Waals surface area contributed by atoms with Gasteiger partial charge in [-0.3, -0.25) is 24.5 Å². The van der Waals surface area contributed by atoms with Crippen LogP contribution < -0.4 is 5.32 Å². The smallest absolute Gasteiger partial charge is 0.411 e. The van der Waals surface area contributed by atoms with E-state index in [1.54, 1.807) is 27.0 Å². The molecule has 3 aliphatic rings. The Morgan fingerprint density at radius 3 is 2.43 bits per heavy atom. The van der Waals surface area contributed by atoms with Crippen LogP contribution in [0.4, 0.5) is 9.18 Å². The van der Waals surface area contributed by atoms with Crippen LogP contribution in [-0.4, -0.2) is 73.2 Å². The molecule has 1 N–H and O–H groups in total. The van der Waals surface area contributed by atoms with Crippen molar-refractivity contribution >= 4 is 52.9 Å². The Bertz CT molecular complexity index is 1880. The fraction of sp³-hybridized carbons (Fsp3) is 0.429. The van der Waals surface area contributed by atoms with E-state index in [0.717, 1.165) is 27.8 Å². The van der Waals surface area contributed by atoms with Crippen molar-refractivity contribution in [1.29, 1.82) is 5.26 Å². The quantitative estimate of drug-likeness (QED) is 0.286. The molecule has 1 aromatic carbocycles. The van der Waals surface area contributed by atoms with E-state index in [9.17, 15) is 19.6 Å². The zero-order valence-electron chi connectivity index (χ0n) is 27.4. The summed E-state index contributed by atoms with van der Waals surface area (Å²) in [7, 11) is 0. The Kier molecular flexibility index (Phi) is 9.32. The maximum Gasteiger partial charge on any atom is 0.411 e. The number of nitriles is 1. The molecule has 3 atom stereocenters. The van der Waals surface area contributed by atoms with Gasteiger partial charge in [0, 0.05) is 47.7 Å². The summed E-state index contributed by atoms with van der Waals surface area (Å²) in [6, 6.07) is 11.8. The van der Waals surface area contributed by atoms with Gasteiger partial charge in [0.05, 0.1) is 16.1 Å². The van der Waals surface area contributed by atoms with Gasteiger partial charge in [0.25, 0.3) is 5.91 Å². The number of ether oxygens (including phenoxy) is 1. The van der Waals surface area contributed by atoms with Gasteiger partial charge in [-0.15, -0.1) is 11.8 Å². The van der Waals surface area contributed by atoms with Gasteiger partial charge in [0.2, 0.25) is 5.91 Å². The maximum atomic E-state index is 15.7. The molecule has 3 aromatic rings. The average Bonchev–Trinajstić information content (AvgIpc) is 3.65. The highest BCUT2D eigenvalue weighted by atomic mass is 35.5. The Labute approximate surface area is 298 Å².